The topological polar surface area (TPSA) is 49.8 Å². The highest BCUT2D eigenvalue weighted by Gasteiger charge is 2.48. The highest BCUT2D eigenvalue weighted by atomic mass is 14.8. The molecule has 2 nitrogen and oxygen atoms in total. The predicted molar refractivity (Wildman–Crippen MR) is 26.3 cm³/mol. The van der Waals surface area contributed by atoms with Gasteiger partial charge in [0.2, 0.25) is 0 Å². The van der Waals surface area contributed by atoms with Crippen molar-refractivity contribution in [2.45, 2.75) is 18.9 Å². The van der Waals surface area contributed by atoms with E-state index in [1.54, 1.807) is 0 Å². The number of nitrogens with zero attached hydrogens (tertiary/aromatic N) is 1. The molecule has 0 aliphatic heterocycles. The fourth-order valence-electron chi connectivity index (χ4n) is 0.604. The molecule has 0 saturated heterocycles. The molecule has 38 valence electrons. The summed E-state index contributed by atoms with van der Waals surface area (Å²) in [5.41, 5.74) is 4.98. The van der Waals surface area contributed by atoms with Gasteiger partial charge in [0.1, 0.15) is 5.54 Å². The quantitative estimate of drug-likeness (QED) is 0.470. The molecule has 7 heavy (non-hydrogen) atoms. The first-order valence-corrected chi connectivity index (χ1v) is 2.39. The van der Waals surface area contributed by atoms with Gasteiger partial charge in [0.25, 0.3) is 0 Å². The van der Waals surface area contributed by atoms with Gasteiger partial charge in [-0.25, -0.2) is 0 Å². The average Bonchev–Trinajstić information content (AvgIpc) is 2.18. The summed E-state index contributed by atoms with van der Waals surface area (Å²) < 4.78 is 0. The van der Waals surface area contributed by atoms with Gasteiger partial charge in [-0.2, -0.15) is 5.26 Å². The summed E-state index contributed by atoms with van der Waals surface area (Å²) in [7, 11) is 0. The van der Waals surface area contributed by atoms with E-state index in [2.05, 4.69) is 0 Å². The van der Waals surface area contributed by atoms with E-state index in [-0.39, 0.29) is 0 Å². The first-order valence-electron chi connectivity index (χ1n) is 2.39. The first kappa shape index (κ1) is 4.61. The molecule has 0 radical (unpaired) electrons. The Hall–Kier alpha value is -0.550. The molecule has 1 aliphatic carbocycles. The van der Waals surface area contributed by atoms with Gasteiger partial charge in [0, 0.05) is 0 Å². The van der Waals surface area contributed by atoms with E-state index in [1.807, 2.05) is 13.0 Å². The van der Waals surface area contributed by atoms with Crippen LogP contribution in [0.15, 0.2) is 0 Å². The van der Waals surface area contributed by atoms with Gasteiger partial charge in [0.05, 0.1) is 6.07 Å². The Kier molecular flexibility index (Phi) is 0.650. The van der Waals surface area contributed by atoms with Crippen LogP contribution >= 0.6 is 0 Å². The highest BCUT2D eigenvalue weighted by Crippen LogP contribution is 2.39. The number of hydrogen-bond donors (Lipinski definition) is 1. The third-order valence-electron chi connectivity index (χ3n) is 1.57. The van der Waals surface area contributed by atoms with E-state index in [1.165, 1.54) is 0 Å². The molecular formula is C5H8N2. The van der Waals surface area contributed by atoms with Gasteiger partial charge >= 0.3 is 0 Å². The molecule has 0 aromatic carbocycles. The van der Waals surface area contributed by atoms with Gasteiger partial charge in [-0.15, -0.1) is 0 Å². The molecule has 1 fully saturated rings. The smallest absolute Gasteiger partial charge is 0.107 e. The SMILES string of the molecule is C[C@H]1CC1(N)C#N. The van der Waals surface area contributed by atoms with Crippen LogP contribution in [0.3, 0.4) is 0 Å². The van der Waals surface area contributed by atoms with Crippen molar-refractivity contribution in [3.05, 3.63) is 0 Å². The van der Waals surface area contributed by atoms with Crippen LogP contribution in [0.5, 0.6) is 0 Å². The average molecular weight is 96.1 g/mol. The van der Waals surface area contributed by atoms with Crippen LogP contribution in [0.4, 0.5) is 0 Å². The third-order valence-corrected chi connectivity index (χ3v) is 1.57. The molecule has 2 heteroatoms. The first-order chi connectivity index (χ1) is 3.19. The molecule has 2 N–H and O–H groups in total. The van der Waals surface area contributed by atoms with Crippen LogP contribution in [0, 0.1) is 17.2 Å². The van der Waals surface area contributed by atoms with E-state index in [9.17, 15) is 0 Å². The lowest BCUT2D eigenvalue weighted by atomic mass is 10.3. The van der Waals surface area contributed by atoms with Crippen molar-refractivity contribution < 1.29 is 0 Å². The summed E-state index contributed by atoms with van der Waals surface area (Å²) in [6.07, 6.45) is 0.878. The van der Waals surface area contributed by atoms with Crippen molar-refractivity contribution in [2.24, 2.45) is 11.7 Å². The van der Waals surface area contributed by atoms with Crippen molar-refractivity contribution in [3.63, 3.8) is 0 Å². The molecule has 1 aliphatic rings. The second-order valence-corrected chi connectivity index (χ2v) is 2.26. The molecule has 0 aromatic rings. The second-order valence-electron chi connectivity index (χ2n) is 2.26. The van der Waals surface area contributed by atoms with E-state index >= 15 is 0 Å². The summed E-state index contributed by atoms with van der Waals surface area (Å²) in [6.45, 7) is 1.99. The molecule has 2 atom stereocenters. The molecule has 0 heterocycles. The summed E-state index contributed by atoms with van der Waals surface area (Å²) in [5.74, 6) is 0.428. The summed E-state index contributed by atoms with van der Waals surface area (Å²) in [6, 6.07) is 2.04. The van der Waals surface area contributed by atoms with Gasteiger partial charge in [-0.1, -0.05) is 6.92 Å². The lowest BCUT2D eigenvalue weighted by Crippen LogP contribution is -2.20. The highest BCUT2D eigenvalue weighted by molar-refractivity contribution is 5.20. The predicted octanol–water partition coefficient (Wildman–Crippen LogP) is 0.247. The van der Waals surface area contributed by atoms with E-state index in [0.29, 0.717) is 5.92 Å². The monoisotopic (exact) mass is 96.1 g/mol. The minimum absolute atomic E-state index is 0.428. The Bertz CT molecular complexity index is 125. The Morgan fingerprint density at radius 1 is 2.00 bits per heavy atom. The number of nitriles is 1. The van der Waals surface area contributed by atoms with Gasteiger partial charge in [0.15, 0.2) is 0 Å². The molecule has 0 bridgehead atoms. The number of rotatable bonds is 0. The zero-order valence-electron chi connectivity index (χ0n) is 4.31. The van der Waals surface area contributed by atoms with Gasteiger partial charge in [-0.05, 0) is 12.3 Å². The van der Waals surface area contributed by atoms with Crippen molar-refractivity contribution >= 4 is 0 Å². The lowest BCUT2D eigenvalue weighted by Gasteiger charge is -1.89. The van der Waals surface area contributed by atoms with Gasteiger partial charge in [-0.3, -0.25) is 0 Å². The van der Waals surface area contributed by atoms with Crippen LogP contribution < -0.4 is 5.73 Å². The Morgan fingerprint density at radius 3 is 2.43 bits per heavy atom. The Morgan fingerprint density at radius 2 is 2.43 bits per heavy atom. The maximum Gasteiger partial charge on any atom is 0.107 e. The summed E-state index contributed by atoms with van der Waals surface area (Å²) >= 11 is 0. The van der Waals surface area contributed by atoms with E-state index in [4.69, 9.17) is 11.0 Å². The van der Waals surface area contributed by atoms with E-state index in [0.717, 1.165) is 6.42 Å². The second kappa shape index (κ2) is 0.988. The Labute approximate surface area is 42.9 Å². The fraction of sp³-hybridized carbons (Fsp3) is 0.800. The molecule has 1 unspecified atom stereocenters. The summed E-state index contributed by atoms with van der Waals surface area (Å²) in [5, 5.41) is 8.26. The maximum absolute atomic E-state index is 8.26. The van der Waals surface area contributed by atoms with Crippen LogP contribution in [-0.2, 0) is 0 Å². The van der Waals surface area contributed by atoms with Crippen molar-refractivity contribution in [2.75, 3.05) is 0 Å². The summed E-state index contributed by atoms with van der Waals surface area (Å²) in [4.78, 5) is 0. The Balaban J connectivity index is 2.57. The molecule has 0 spiro atoms. The van der Waals surface area contributed by atoms with Crippen molar-refractivity contribution in [1.29, 1.82) is 5.26 Å². The van der Waals surface area contributed by atoms with Crippen molar-refractivity contribution in [3.8, 4) is 6.07 Å². The van der Waals surface area contributed by atoms with Crippen LogP contribution in [0.2, 0.25) is 0 Å². The maximum atomic E-state index is 8.26. The zero-order chi connectivity index (χ0) is 5.49. The molecule has 0 amide bonds. The normalized spacial score (nSPS) is 47.9. The van der Waals surface area contributed by atoms with Crippen LogP contribution in [0.25, 0.3) is 0 Å². The lowest BCUT2D eigenvalue weighted by molar-refractivity contribution is 0.771. The van der Waals surface area contributed by atoms with Crippen LogP contribution in [0.1, 0.15) is 13.3 Å². The minimum Gasteiger partial charge on any atom is -0.313 e. The molecule has 1 rings (SSSR count). The zero-order valence-corrected chi connectivity index (χ0v) is 4.31. The van der Waals surface area contributed by atoms with Crippen molar-refractivity contribution in [1.82, 2.24) is 0 Å². The minimum atomic E-state index is -0.444. The molecular weight excluding hydrogens is 88.1 g/mol. The van der Waals surface area contributed by atoms with E-state index < -0.39 is 5.54 Å². The number of hydrogen-bond acceptors (Lipinski definition) is 2. The standard InChI is InChI=1S/C5H8N2/c1-4-2-5(4,7)3-6/h4H,2,7H2,1H3/t4-,5?/m0/s1. The van der Waals surface area contributed by atoms with Crippen LogP contribution in [-0.4, -0.2) is 5.54 Å². The molecule has 1 saturated carbocycles. The number of nitrogens with two attached hydrogens (primary N) is 1. The molecule has 0 aromatic heterocycles. The third kappa shape index (κ3) is 0.495. The van der Waals surface area contributed by atoms with Gasteiger partial charge < -0.3 is 5.73 Å². The largest absolute Gasteiger partial charge is 0.313 e. The fourth-order valence-corrected chi connectivity index (χ4v) is 0.604.